The summed E-state index contributed by atoms with van der Waals surface area (Å²) in [4.78, 5) is 70.8. The van der Waals surface area contributed by atoms with Crippen LogP contribution >= 0.6 is 0 Å². The number of nitrogens with zero attached hydrogens (tertiary/aromatic N) is 1. The molecule has 1 fully saturated rings. The lowest BCUT2D eigenvalue weighted by Crippen LogP contribution is -2.62. The van der Waals surface area contributed by atoms with Gasteiger partial charge in [-0.2, -0.15) is 0 Å². The summed E-state index contributed by atoms with van der Waals surface area (Å²) in [6, 6.07) is 6.01. The third kappa shape index (κ3) is 12.0. The molecule has 0 aliphatic carbocycles. The Kier molecular flexibility index (Phi) is 15.3. The monoisotopic (exact) mass is 628 g/mol. The Morgan fingerprint density at radius 3 is 2.29 bits per heavy atom. The van der Waals surface area contributed by atoms with Crippen molar-refractivity contribution >= 4 is 35.5 Å². The second kappa shape index (κ2) is 18.6. The predicted molar refractivity (Wildman–Crippen MR) is 174 cm³/mol. The van der Waals surface area contributed by atoms with Gasteiger partial charge in [0.25, 0.3) is 0 Å². The number of rotatable bonds is 8. The Balaban J connectivity index is 2.39. The molecule has 45 heavy (non-hydrogen) atoms. The summed E-state index contributed by atoms with van der Waals surface area (Å²) < 4.78 is 0. The normalized spacial score (nSPS) is 24.8. The third-order valence-electron chi connectivity index (χ3n) is 7.89. The molecular formula is C32H52N8O5. The van der Waals surface area contributed by atoms with E-state index in [2.05, 4.69) is 36.9 Å². The Morgan fingerprint density at radius 1 is 0.978 bits per heavy atom. The van der Waals surface area contributed by atoms with Gasteiger partial charge in [0.1, 0.15) is 23.7 Å². The zero-order chi connectivity index (χ0) is 33.4. The summed E-state index contributed by atoms with van der Waals surface area (Å²) in [5.41, 5.74) is 5.08. The van der Waals surface area contributed by atoms with Gasteiger partial charge < -0.3 is 37.6 Å². The number of carbonyl (C=O) groups excluding carboxylic acids is 5. The summed E-state index contributed by atoms with van der Waals surface area (Å²) >= 11 is 0. The van der Waals surface area contributed by atoms with Crippen LogP contribution in [0.25, 0.3) is 0 Å². The molecule has 1 saturated heterocycles. The number of nitrogens with one attached hydrogen (secondary N) is 6. The molecule has 1 heterocycles. The van der Waals surface area contributed by atoms with E-state index in [0.29, 0.717) is 44.3 Å². The Bertz CT molecular complexity index is 1180. The summed E-state index contributed by atoms with van der Waals surface area (Å²) in [6.07, 6.45) is 4.19. The fourth-order valence-electron chi connectivity index (χ4n) is 4.92. The average Bonchev–Trinajstić information content (AvgIpc) is 3.02. The van der Waals surface area contributed by atoms with E-state index in [0.717, 1.165) is 12.8 Å². The van der Waals surface area contributed by atoms with Crippen LogP contribution in [0.4, 0.5) is 0 Å². The second-order valence-electron chi connectivity index (χ2n) is 12.0. The number of benzene rings is 1. The van der Waals surface area contributed by atoms with Crippen LogP contribution in [-0.4, -0.2) is 73.3 Å². The van der Waals surface area contributed by atoms with Gasteiger partial charge >= 0.3 is 0 Å². The van der Waals surface area contributed by atoms with Crippen LogP contribution in [-0.2, 0) is 24.0 Å². The molecule has 0 radical (unpaired) electrons. The van der Waals surface area contributed by atoms with Gasteiger partial charge in [-0.25, -0.2) is 0 Å². The number of nitrogens with two attached hydrogens (primary N) is 1. The second-order valence-corrected chi connectivity index (χ2v) is 12.0. The van der Waals surface area contributed by atoms with E-state index in [1.807, 2.05) is 6.07 Å². The molecule has 5 amide bonds. The van der Waals surface area contributed by atoms with E-state index in [4.69, 9.17) is 5.73 Å². The van der Waals surface area contributed by atoms with Crippen LogP contribution in [0, 0.1) is 5.92 Å². The minimum Gasteiger partial charge on any atom is -0.370 e. The predicted octanol–water partition coefficient (Wildman–Crippen LogP) is 1.15. The van der Waals surface area contributed by atoms with E-state index >= 15 is 0 Å². The molecule has 4 atom stereocenters. The highest BCUT2D eigenvalue weighted by molar-refractivity contribution is 5.97. The highest BCUT2D eigenvalue weighted by Gasteiger charge is 2.38. The topological polar surface area (TPSA) is 196 Å². The summed E-state index contributed by atoms with van der Waals surface area (Å²) in [7, 11) is 1.55. The molecule has 1 aliphatic heterocycles. The van der Waals surface area contributed by atoms with E-state index in [1.54, 1.807) is 59.0 Å². The van der Waals surface area contributed by atoms with Gasteiger partial charge in [0.05, 0.1) is 0 Å². The van der Waals surface area contributed by atoms with Crippen molar-refractivity contribution in [1.82, 2.24) is 31.9 Å². The Hall–Kier alpha value is -4.16. The first-order valence-electron chi connectivity index (χ1n) is 15.9. The minimum absolute atomic E-state index is 0.225. The van der Waals surface area contributed by atoms with Crippen molar-refractivity contribution in [3.05, 3.63) is 35.9 Å². The van der Waals surface area contributed by atoms with Crippen LogP contribution in [0.15, 0.2) is 35.3 Å². The van der Waals surface area contributed by atoms with Crippen molar-refractivity contribution in [2.24, 2.45) is 16.6 Å². The quantitative estimate of drug-likeness (QED) is 0.127. The molecular weight excluding hydrogens is 576 g/mol. The first-order valence-corrected chi connectivity index (χ1v) is 15.9. The van der Waals surface area contributed by atoms with Gasteiger partial charge in [0, 0.05) is 26.1 Å². The SMILES string of the molecule is CC[C@@H]1NC(=O)[C@H](CCCNC(N)=NC)NC(=O)[C@](C)(NC(=O)C(C)C)CCCCCCNC(=O)[C@@H](c2ccccc2)NC1=O. The molecule has 0 spiro atoms. The van der Waals surface area contributed by atoms with Crippen molar-refractivity contribution in [2.75, 3.05) is 20.1 Å². The van der Waals surface area contributed by atoms with E-state index in [9.17, 15) is 24.0 Å². The van der Waals surface area contributed by atoms with Gasteiger partial charge in [-0.3, -0.25) is 29.0 Å². The first-order chi connectivity index (χ1) is 21.4. The fourth-order valence-corrected chi connectivity index (χ4v) is 4.92. The number of carbonyl (C=O) groups is 5. The average molecular weight is 629 g/mol. The van der Waals surface area contributed by atoms with Crippen molar-refractivity contribution in [3.63, 3.8) is 0 Å². The molecule has 13 nitrogen and oxygen atoms in total. The highest BCUT2D eigenvalue weighted by atomic mass is 16.2. The molecule has 0 saturated carbocycles. The lowest BCUT2D eigenvalue weighted by molar-refractivity contribution is -0.137. The maximum atomic E-state index is 13.8. The van der Waals surface area contributed by atoms with Crippen LogP contribution < -0.4 is 37.6 Å². The smallest absolute Gasteiger partial charge is 0.247 e. The molecule has 13 heteroatoms. The molecule has 1 aromatic rings. The van der Waals surface area contributed by atoms with Crippen LogP contribution in [0.5, 0.6) is 0 Å². The standard InChI is InChI=1S/C32H52N8O5/c1-6-23-27(42)39-25(22-15-10-9-11-16-22)29(44)35-19-13-8-7-12-18-32(4,40-26(41)21(2)3)30(45)38-24(28(43)37-23)17-14-20-36-31(33)34-5/h9-11,15-16,21,23-25H,6-8,12-14,17-20H2,1-5H3,(H,35,44)(H,37,43)(H,38,45)(H,39,42)(H,40,41)(H3,33,34,36)/t23-,24-,25+,32+/m0/s1. The summed E-state index contributed by atoms with van der Waals surface area (Å²) in [5, 5.41) is 17.2. The first kappa shape index (κ1) is 37.0. The number of amides is 5. The highest BCUT2D eigenvalue weighted by Crippen LogP contribution is 2.19. The third-order valence-corrected chi connectivity index (χ3v) is 7.89. The lowest BCUT2D eigenvalue weighted by Gasteiger charge is -2.33. The van der Waals surface area contributed by atoms with Gasteiger partial charge in [-0.1, -0.05) is 70.4 Å². The van der Waals surface area contributed by atoms with Crippen molar-refractivity contribution in [2.45, 2.75) is 103 Å². The van der Waals surface area contributed by atoms with Crippen LogP contribution in [0.1, 0.15) is 90.7 Å². The zero-order valence-electron chi connectivity index (χ0n) is 27.3. The number of guanidine groups is 1. The fraction of sp³-hybridized carbons (Fsp3) is 0.625. The molecule has 8 N–H and O–H groups in total. The largest absolute Gasteiger partial charge is 0.370 e. The molecule has 0 bridgehead atoms. The van der Waals surface area contributed by atoms with Crippen molar-refractivity contribution in [3.8, 4) is 0 Å². The number of hydrogen-bond acceptors (Lipinski definition) is 6. The molecule has 0 aromatic heterocycles. The molecule has 0 unspecified atom stereocenters. The van der Waals surface area contributed by atoms with E-state index < -0.39 is 41.4 Å². The maximum Gasteiger partial charge on any atom is 0.247 e. The number of aliphatic imine (C=N–C) groups is 1. The molecule has 2 rings (SSSR count). The maximum absolute atomic E-state index is 13.8. The van der Waals surface area contributed by atoms with Gasteiger partial charge in [0.15, 0.2) is 5.96 Å². The van der Waals surface area contributed by atoms with E-state index in [-0.39, 0.29) is 36.5 Å². The zero-order valence-corrected chi connectivity index (χ0v) is 27.3. The molecule has 250 valence electrons. The van der Waals surface area contributed by atoms with Gasteiger partial charge in [0.2, 0.25) is 29.5 Å². The number of hydrogen-bond donors (Lipinski definition) is 7. The molecule has 1 aliphatic rings. The summed E-state index contributed by atoms with van der Waals surface area (Å²) in [5.74, 6) is -2.26. The summed E-state index contributed by atoms with van der Waals surface area (Å²) in [6.45, 7) is 7.73. The van der Waals surface area contributed by atoms with E-state index in [1.165, 1.54) is 0 Å². The van der Waals surface area contributed by atoms with Crippen molar-refractivity contribution < 1.29 is 24.0 Å². The minimum atomic E-state index is -1.26. The Labute approximate surface area is 266 Å². The van der Waals surface area contributed by atoms with Crippen LogP contribution in [0.3, 0.4) is 0 Å². The Morgan fingerprint density at radius 2 is 1.64 bits per heavy atom. The van der Waals surface area contributed by atoms with Crippen LogP contribution in [0.2, 0.25) is 0 Å². The van der Waals surface area contributed by atoms with Gasteiger partial charge in [-0.15, -0.1) is 0 Å². The van der Waals surface area contributed by atoms with Crippen molar-refractivity contribution in [1.29, 1.82) is 0 Å². The lowest BCUT2D eigenvalue weighted by atomic mass is 9.91. The molecule has 1 aromatic carbocycles. The van der Waals surface area contributed by atoms with Gasteiger partial charge in [-0.05, 0) is 44.6 Å².